The Morgan fingerprint density at radius 3 is 2.33 bits per heavy atom. The van der Waals surface area contributed by atoms with E-state index < -0.39 is 0 Å². The van der Waals surface area contributed by atoms with Crippen LogP contribution in [-0.2, 0) is 6.42 Å². The fourth-order valence-electron chi connectivity index (χ4n) is 1.38. The van der Waals surface area contributed by atoms with Crippen LogP contribution in [0.25, 0.3) is 6.08 Å². The topological polar surface area (TPSA) is 12.9 Å². The van der Waals surface area contributed by atoms with E-state index >= 15 is 0 Å². The summed E-state index contributed by atoms with van der Waals surface area (Å²) in [6, 6.07) is 0. The lowest BCUT2D eigenvalue weighted by atomic mass is 10.1. The Labute approximate surface area is 94.3 Å². The van der Waals surface area contributed by atoms with Crippen LogP contribution in [0, 0.1) is 6.92 Å². The summed E-state index contributed by atoms with van der Waals surface area (Å²) in [5.74, 6) is 0. The molecule has 1 aliphatic rings. The van der Waals surface area contributed by atoms with Crippen molar-refractivity contribution in [3.05, 3.63) is 34.7 Å². The Morgan fingerprint density at radius 1 is 1.20 bits per heavy atom. The molecule has 0 aromatic carbocycles. The molecule has 1 aromatic heterocycles. The Kier molecular flexibility index (Phi) is 6.68. The van der Waals surface area contributed by atoms with Crippen LogP contribution in [0.3, 0.4) is 0 Å². The third-order valence-corrected chi connectivity index (χ3v) is 2.06. The van der Waals surface area contributed by atoms with E-state index in [0.717, 1.165) is 6.42 Å². The highest BCUT2D eigenvalue weighted by Gasteiger charge is 2.22. The van der Waals surface area contributed by atoms with Crippen LogP contribution in [0.5, 0.6) is 0 Å². The fraction of sp³-hybridized carbons (Fsp3) is 0.500. The van der Waals surface area contributed by atoms with Gasteiger partial charge in [-0.2, -0.15) is 0 Å². The summed E-state index contributed by atoms with van der Waals surface area (Å²) in [5, 5.41) is 0. The summed E-state index contributed by atoms with van der Waals surface area (Å²) < 4.78 is 0. The number of fused-ring (bicyclic) bond motifs is 1. The molecule has 1 nitrogen and oxygen atoms in total. The van der Waals surface area contributed by atoms with Crippen molar-refractivity contribution in [3.63, 3.8) is 0 Å². The van der Waals surface area contributed by atoms with Crippen molar-refractivity contribution in [2.24, 2.45) is 0 Å². The molecule has 0 fully saturated rings. The molecule has 0 saturated heterocycles. The maximum absolute atomic E-state index is 4.28. The van der Waals surface area contributed by atoms with E-state index in [2.05, 4.69) is 31.0 Å². The van der Waals surface area contributed by atoms with Crippen LogP contribution in [0.4, 0.5) is 0 Å². The van der Waals surface area contributed by atoms with Gasteiger partial charge in [0.05, 0.1) is 0 Å². The Bertz CT molecular complexity index is 321. The molecule has 0 spiro atoms. The molecule has 0 unspecified atom stereocenters. The molecule has 0 bridgehead atoms. The van der Waals surface area contributed by atoms with Crippen LogP contribution >= 0.6 is 0 Å². The average Bonchev–Trinajstić information content (AvgIpc) is 3.08. The summed E-state index contributed by atoms with van der Waals surface area (Å²) in [5.41, 5.74) is 5.41. The van der Waals surface area contributed by atoms with Crippen molar-refractivity contribution in [3.8, 4) is 0 Å². The fourth-order valence-corrected chi connectivity index (χ4v) is 1.38. The lowest BCUT2D eigenvalue weighted by Gasteiger charge is -1.95. The van der Waals surface area contributed by atoms with Gasteiger partial charge in [0.2, 0.25) is 0 Å². The van der Waals surface area contributed by atoms with Gasteiger partial charge in [0, 0.05) is 18.3 Å². The lowest BCUT2D eigenvalue weighted by Crippen LogP contribution is -1.80. The first kappa shape index (κ1) is 13.9. The maximum atomic E-state index is 4.28. The highest BCUT2D eigenvalue weighted by molar-refractivity contribution is 5.64. The molecule has 2 rings (SSSR count). The molecule has 0 saturated carbocycles. The Balaban J connectivity index is 0.000000442. The minimum atomic E-state index is 1.10. The molecule has 15 heavy (non-hydrogen) atoms. The van der Waals surface area contributed by atoms with E-state index in [4.69, 9.17) is 0 Å². The molecule has 0 amide bonds. The smallest absolute Gasteiger partial charge is 0.0490 e. The van der Waals surface area contributed by atoms with Gasteiger partial charge in [-0.1, -0.05) is 39.8 Å². The largest absolute Gasteiger partial charge is 0.260 e. The maximum Gasteiger partial charge on any atom is 0.0490 e. The number of hydrogen-bond acceptors (Lipinski definition) is 1. The second-order valence-corrected chi connectivity index (χ2v) is 2.96. The van der Waals surface area contributed by atoms with Crippen LogP contribution in [0.2, 0.25) is 0 Å². The van der Waals surface area contributed by atoms with E-state index in [1.807, 2.05) is 33.9 Å². The molecule has 0 radical (unpaired) electrons. The van der Waals surface area contributed by atoms with Gasteiger partial charge in [-0.3, -0.25) is 4.98 Å². The first-order chi connectivity index (χ1) is 7.33. The highest BCUT2D eigenvalue weighted by atomic mass is 14.7. The molecule has 0 N–H and O–H groups in total. The van der Waals surface area contributed by atoms with E-state index in [1.54, 1.807) is 0 Å². The number of rotatable bonds is 1. The normalized spacial score (nSPS) is 10.8. The number of nitrogens with zero attached hydrogens (tertiary/aromatic N) is 1. The van der Waals surface area contributed by atoms with Gasteiger partial charge < -0.3 is 0 Å². The summed E-state index contributed by atoms with van der Waals surface area (Å²) in [7, 11) is 0. The molecule has 1 heterocycles. The molecule has 84 valence electrons. The van der Waals surface area contributed by atoms with E-state index in [0.29, 0.717) is 0 Å². The molecule has 0 atom stereocenters. The molecule has 1 aliphatic carbocycles. The summed E-state index contributed by atoms with van der Waals surface area (Å²) in [6.07, 6.45) is 7.32. The first-order valence-electron chi connectivity index (χ1n) is 5.93. The second kappa shape index (κ2) is 7.22. The lowest BCUT2D eigenvalue weighted by molar-refractivity contribution is 1.26. The van der Waals surface area contributed by atoms with Crippen molar-refractivity contribution in [1.82, 2.24) is 4.98 Å². The number of aryl methyl sites for hydroxylation is 1. The summed E-state index contributed by atoms with van der Waals surface area (Å²) in [4.78, 5) is 4.28. The minimum absolute atomic E-state index is 1.10. The summed E-state index contributed by atoms with van der Waals surface area (Å²) in [6.45, 7) is 12.2. The standard InChI is InChI=1S/C10H11N.2C2H6/c1-3-4-8-7(2)6-11-10-5-9(8)10;2*1-2/h3-4,6H,5H2,1-2H3;2*1-2H3/b4-3-;;. The number of allylic oxidation sites excluding steroid dienone is 1. The molecule has 1 heteroatoms. The van der Waals surface area contributed by atoms with Crippen molar-refractivity contribution < 1.29 is 0 Å². The van der Waals surface area contributed by atoms with Gasteiger partial charge in [0.25, 0.3) is 0 Å². The van der Waals surface area contributed by atoms with E-state index in [-0.39, 0.29) is 0 Å². The predicted octanol–water partition coefficient (Wildman–Crippen LogP) is 4.38. The van der Waals surface area contributed by atoms with Crippen molar-refractivity contribution in [2.75, 3.05) is 0 Å². The zero-order valence-corrected chi connectivity index (χ0v) is 10.9. The second-order valence-electron chi connectivity index (χ2n) is 2.96. The van der Waals surface area contributed by atoms with Gasteiger partial charge in [-0.05, 0) is 30.5 Å². The van der Waals surface area contributed by atoms with Gasteiger partial charge in [0.15, 0.2) is 0 Å². The average molecular weight is 205 g/mol. The Morgan fingerprint density at radius 2 is 1.80 bits per heavy atom. The monoisotopic (exact) mass is 205 g/mol. The van der Waals surface area contributed by atoms with Gasteiger partial charge >= 0.3 is 0 Å². The predicted molar refractivity (Wildman–Crippen MR) is 69.2 cm³/mol. The molecular weight excluding hydrogens is 182 g/mol. The number of aromatic nitrogens is 1. The van der Waals surface area contributed by atoms with Crippen molar-refractivity contribution in [2.45, 2.75) is 48.0 Å². The van der Waals surface area contributed by atoms with Gasteiger partial charge in [-0.15, -0.1) is 0 Å². The van der Waals surface area contributed by atoms with E-state index in [1.165, 1.54) is 22.4 Å². The number of pyridine rings is 1. The third kappa shape index (κ3) is 3.50. The van der Waals surface area contributed by atoms with Crippen molar-refractivity contribution in [1.29, 1.82) is 0 Å². The third-order valence-electron chi connectivity index (χ3n) is 2.06. The molecular formula is C14H23N. The minimum Gasteiger partial charge on any atom is -0.260 e. The first-order valence-corrected chi connectivity index (χ1v) is 5.93. The quantitative estimate of drug-likeness (QED) is 0.673. The Hall–Kier alpha value is -1.11. The molecule has 1 aromatic rings. The van der Waals surface area contributed by atoms with Gasteiger partial charge in [0.1, 0.15) is 0 Å². The SMILES string of the molecule is C/C=C\c1c(C)cnc2c1C2.CC.CC. The van der Waals surface area contributed by atoms with Crippen LogP contribution < -0.4 is 0 Å². The van der Waals surface area contributed by atoms with E-state index in [9.17, 15) is 0 Å². The van der Waals surface area contributed by atoms with Crippen LogP contribution in [0.1, 0.15) is 57.0 Å². The van der Waals surface area contributed by atoms with Crippen molar-refractivity contribution >= 4 is 6.08 Å². The number of hydrogen-bond donors (Lipinski definition) is 0. The summed E-state index contributed by atoms with van der Waals surface area (Å²) >= 11 is 0. The van der Waals surface area contributed by atoms with Crippen LogP contribution in [-0.4, -0.2) is 4.98 Å². The highest BCUT2D eigenvalue weighted by Crippen LogP contribution is 2.31. The zero-order valence-electron chi connectivity index (χ0n) is 10.9. The van der Waals surface area contributed by atoms with Gasteiger partial charge in [-0.25, -0.2) is 0 Å². The zero-order chi connectivity index (χ0) is 11.8. The van der Waals surface area contributed by atoms with Crippen LogP contribution in [0.15, 0.2) is 12.3 Å². The molecule has 0 aliphatic heterocycles.